The number of hydrogen-bond acceptors (Lipinski definition) is 1. The van der Waals surface area contributed by atoms with Gasteiger partial charge in [-0.05, 0) is 19.5 Å². The van der Waals surface area contributed by atoms with Gasteiger partial charge in [0.15, 0.2) is 0 Å². The second-order valence-electron chi connectivity index (χ2n) is 4.24. The largest absolute Gasteiger partial charge is 0.302 e. The molecule has 2 heteroatoms. The molecule has 0 spiro atoms. The van der Waals surface area contributed by atoms with Crippen molar-refractivity contribution in [1.29, 1.82) is 0 Å². The zero-order valence-corrected chi connectivity index (χ0v) is 11.4. The summed E-state index contributed by atoms with van der Waals surface area (Å²) in [6.07, 6.45) is 9.76. The highest BCUT2D eigenvalue weighted by Crippen LogP contribution is 2.07. The summed E-state index contributed by atoms with van der Waals surface area (Å²) in [4.78, 5) is 2.44. The van der Waals surface area contributed by atoms with Crippen molar-refractivity contribution in [2.24, 2.45) is 0 Å². The molecule has 92 valence electrons. The first-order valence-electron chi connectivity index (χ1n) is 6.63. The van der Waals surface area contributed by atoms with E-state index in [1.807, 2.05) is 0 Å². The molecular weight excluding hydrogens is 206 g/mol. The molecule has 1 nitrogen and oxygen atoms in total. The van der Waals surface area contributed by atoms with Gasteiger partial charge in [-0.2, -0.15) is 0 Å². The van der Waals surface area contributed by atoms with E-state index in [1.54, 1.807) is 0 Å². The molecule has 0 aromatic rings. The Morgan fingerprint density at radius 1 is 0.800 bits per heavy atom. The molecule has 15 heavy (non-hydrogen) atoms. The molecule has 0 fully saturated rings. The molecule has 0 heterocycles. The first-order valence-corrected chi connectivity index (χ1v) is 7.16. The Labute approximate surface area is 101 Å². The van der Waals surface area contributed by atoms with Crippen LogP contribution in [-0.4, -0.2) is 30.4 Å². The van der Waals surface area contributed by atoms with Crippen molar-refractivity contribution in [3.8, 4) is 0 Å². The third-order valence-corrected chi connectivity index (χ3v) is 3.09. The van der Waals surface area contributed by atoms with Gasteiger partial charge in [0.2, 0.25) is 0 Å². The molecule has 0 aliphatic rings. The molecule has 0 aliphatic carbocycles. The van der Waals surface area contributed by atoms with E-state index in [2.05, 4.69) is 18.7 Å². The van der Waals surface area contributed by atoms with Crippen LogP contribution in [0.25, 0.3) is 0 Å². The van der Waals surface area contributed by atoms with Crippen molar-refractivity contribution < 1.29 is 0 Å². The lowest BCUT2D eigenvalue weighted by molar-refractivity contribution is 0.297. The first kappa shape index (κ1) is 15.2. The Bertz CT molecular complexity index is 117. The Morgan fingerprint density at radius 2 is 1.40 bits per heavy atom. The number of alkyl halides is 1. The minimum Gasteiger partial charge on any atom is -0.302 e. The summed E-state index contributed by atoms with van der Waals surface area (Å²) in [5, 5.41) is 0. The fourth-order valence-electron chi connectivity index (χ4n) is 1.84. The van der Waals surface area contributed by atoms with Gasteiger partial charge in [0.1, 0.15) is 0 Å². The monoisotopic (exact) mass is 233 g/mol. The van der Waals surface area contributed by atoms with Crippen molar-refractivity contribution in [1.82, 2.24) is 4.90 Å². The lowest BCUT2D eigenvalue weighted by Crippen LogP contribution is -2.26. The van der Waals surface area contributed by atoms with Gasteiger partial charge in [0.25, 0.3) is 0 Å². The van der Waals surface area contributed by atoms with Gasteiger partial charge in [0.05, 0.1) is 0 Å². The van der Waals surface area contributed by atoms with E-state index < -0.39 is 0 Å². The smallest absolute Gasteiger partial charge is 0.0351 e. The zero-order chi connectivity index (χ0) is 11.4. The molecule has 0 unspecified atom stereocenters. The topological polar surface area (TPSA) is 3.24 Å². The summed E-state index contributed by atoms with van der Waals surface area (Å²) < 4.78 is 0. The van der Waals surface area contributed by atoms with Gasteiger partial charge in [0, 0.05) is 12.4 Å². The second kappa shape index (κ2) is 12.3. The van der Waals surface area contributed by atoms with Crippen molar-refractivity contribution in [3.63, 3.8) is 0 Å². The Kier molecular flexibility index (Phi) is 12.5. The first-order chi connectivity index (χ1) is 7.35. The summed E-state index contributed by atoms with van der Waals surface area (Å²) in [5.41, 5.74) is 0. The van der Waals surface area contributed by atoms with Gasteiger partial charge < -0.3 is 4.90 Å². The van der Waals surface area contributed by atoms with E-state index in [9.17, 15) is 0 Å². The van der Waals surface area contributed by atoms with Gasteiger partial charge in [-0.15, -0.1) is 11.6 Å². The highest BCUT2D eigenvalue weighted by atomic mass is 35.5. The fraction of sp³-hybridized carbons (Fsp3) is 1.00. The molecule has 0 aromatic heterocycles. The van der Waals surface area contributed by atoms with Crippen molar-refractivity contribution >= 4 is 11.6 Å². The van der Waals surface area contributed by atoms with E-state index in [0.717, 1.165) is 19.0 Å². The molecule has 0 aromatic carbocycles. The standard InChI is InChI=1S/C13H28ClN/c1-3-5-6-7-8-9-10-12-15(4-2)13-11-14/h3-13H2,1-2H3. The van der Waals surface area contributed by atoms with Gasteiger partial charge in [-0.1, -0.05) is 52.4 Å². The van der Waals surface area contributed by atoms with Crippen LogP contribution in [0.3, 0.4) is 0 Å². The quantitative estimate of drug-likeness (QED) is 0.380. The average molecular weight is 234 g/mol. The molecule has 0 N–H and O–H groups in total. The summed E-state index contributed by atoms with van der Waals surface area (Å²) in [6.45, 7) is 7.91. The van der Waals surface area contributed by atoms with Crippen molar-refractivity contribution in [2.75, 3.05) is 25.5 Å². The predicted molar refractivity (Wildman–Crippen MR) is 70.8 cm³/mol. The maximum absolute atomic E-state index is 5.73. The lowest BCUT2D eigenvalue weighted by atomic mass is 10.1. The van der Waals surface area contributed by atoms with Crippen molar-refractivity contribution in [3.05, 3.63) is 0 Å². The fourth-order valence-corrected chi connectivity index (χ4v) is 2.08. The van der Waals surface area contributed by atoms with Crippen LogP contribution in [0, 0.1) is 0 Å². The summed E-state index contributed by atoms with van der Waals surface area (Å²) in [6, 6.07) is 0. The van der Waals surface area contributed by atoms with Gasteiger partial charge in [-0.3, -0.25) is 0 Å². The molecule has 0 radical (unpaired) electrons. The zero-order valence-electron chi connectivity index (χ0n) is 10.6. The highest BCUT2D eigenvalue weighted by Gasteiger charge is 2.00. The van der Waals surface area contributed by atoms with Crippen LogP contribution >= 0.6 is 11.6 Å². The minimum atomic E-state index is 0.768. The van der Waals surface area contributed by atoms with E-state index in [-0.39, 0.29) is 0 Å². The lowest BCUT2D eigenvalue weighted by Gasteiger charge is -2.18. The maximum atomic E-state index is 5.73. The molecule has 0 bridgehead atoms. The number of rotatable bonds is 11. The third kappa shape index (κ3) is 10.5. The van der Waals surface area contributed by atoms with E-state index in [4.69, 9.17) is 11.6 Å². The molecule has 0 atom stereocenters. The number of halogens is 1. The summed E-state index contributed by atoms with van der Waals surface area (Å²) in [7, 11) is 0. The Balaban J connectivity index is 3.14. The number of nitrogens with zero attached hydrogens (tertiary/aromatic N) is 1. The average Bonchev–Trinajstić information content (AvgIpc) is 2.26. The SMILES string of the molecule is CCCCCCCCCN(CC)CCCl. The summed E-state index contributed by atoms with van der Waals surface area (Å²) >= 11 is 5.73. The van der Waals surface area contributed by atoms with Crippen LogP contribution < -0.4 is 0 Å². The van der Waals surface area contributed by atoms with Crippen molar-refractivity contribution in [2.45, 2.75) is 58.8 Å². The highest BCUT2D eigenvalue weighted by molar-refractivity contribution is 6.18. The molecular formula is C13H28ClN. The normalized spacial score (nSPS) is 11.2. The van der Waals surface area contributed by atoms with E-state index >= 15 is 0 Å². The Morgan fingerprint density at radius 3 is 1.93 bits per heavy atom. The maximum Gasteiger partial charge on any atom is 0.0351 e. The van der Waals surface area contributed by atoms with Crippen LogP contribution in [0.2, 0.25) is 0 Å². The molecule has 0 saturated heterocycles. The second-order valence-corrected chi connectivity index (χ2v) is 4.62. The minimum absolute atomic E-state index is 0.768. The van der Waals surface area contributed by atoms with E-state index in [0.29, 0.717) is 0 Å². The Hall–Kier alpha value is 0.250. The third-order valence-electron chi connectivity index (χ3n) is 2.93. The van der Waals surface area contributed by atoms with Gasteiger partial charge in [-0.25, -0.2) is 0 Å². The molecule has 0 rings (SSSR count). The van der Waals surface area contributed by atoms with Crippen LogP contribution in [-0.2, 0) is 0 Å². The molecule has 0 amide bonds. The number of hydrogen-bond donors (Lipinski definition) is 0. The molecule has 0 saturated carbocycles. The predicted octanol–water partition coefficient (Wildman–Crippen LogP) is 4.30. The van der Waals surface area contributed by atoms with E-state index in [1.165, 1.54) is 51.5 Å². The van der Waals surface area contributed by atoms with Crippen LogP contribution in [0.1, 0.15) is 58.8 Å². The number of unbranched alkanes of at least 4 members (excludes halogenated alkanes) is 6. The molecule has 0 aliphatic heterocycles. The van der Waals surface area contributed by atoms with Gasteiger partial charge >= 0.3 is 0 Å². The summed E-state index contributed by atoms with van der Waals surface area (Å²) in [5.74, 6) is 0.768. The van der Waals surface area contributed by atoms with Crippen LogP contribution in [0.4, 0.5) is 0 Å². The van der Waals surface area contributed by atoms with Crippen LogP contribution in [0.15, 0.2) is 0 Å². The van der Waals surface area contributed by atoms with Crippen LogP contribution in [0.5, 0.6) is 0 Å².